The molecule has 0 saturated carbocycles. The fourth-order valence-electron chi connectivity index (χ4n) is 1.80. The smallest absolute Gasteiger partial charge is 0.123 e. The molecule has 1 heterocycles. The van der Waals surface area contributed by atoms with Gasteiger partial charge in [0.1, 0.15) is 11.9 Å². The van der Waals surface area contributed by atoms with Gasteiger partial charge in [0.2, 0.25) is 0 Å². The van der Waals surface area contributed by atoms with Crippen molar-refractivity contribution in [3.8, 4) is 5.75 Å². The Bertz CT molecular complexity index is 271. The average molecular weight is 177 g/mol. The molecule has 0 aliphatic carbocycles. The van der Waals surface area contributed by atoms with Gasteiger partial charge in [-0.15, -0.1) is 0 Å². The molecule has 2 nitrogen and oxygen atoms in total. The van der Waals surface area contributed by atoms with E-state index in [-0.39, 0.29) is 12.1 Å². The molecule has 0 radical (unpaired) electrons. The molecule has 1 aliphatic rings. The number of hydrogen-bond donors (Lipinski definition) is 1. The van der Waals surface area contributed by atoms with Crippen LogP contribution in [0.2, 0.25) is 0 Å². The van der Waals surface area contributed by atoms with Crippen LogP contribution in [-0.2, 0) is 6.42 Å². The SMILES string of the molecule is CC(N)CC1Cc2ccccc2O1. The van der Waals surface area contributed by atoms with Gasteiger partial charge in [0.05, 0.1) is 0 Å². The minimum Gasteiger partial charge on any atom is -0.490 e. The zero-order valence-corrected chi connectivity index (χ0v) is 7.86. The van der Waals surface area contributed by atoms with Crippen LogP contribution in [-0.4, -0.2) is 12.1 Å². The van der Waals surface area contributed by atoms with E-state index in [2.05, 4.69) is 12.1 Å². The third kappa shape index (κ3) is 1.83. The van der Waals surface area contributed by atoms with E-state index < -0.39 is 0 Å². The first-order valence-electron chi connectivity index (χ1n) is 4.76. The largest absolute Gasteiger partial charge is 0.490 e. The van der Waals surface area contributed by atoms with E-state index in [1.807, 2.05) is 19.1 Å². The number of para-hydroxylation sites is 1. The number of rotatable bonds is 2. The molecule has 2 unspecified atom stereocenters. The monoisotopic (exact) mass is 177 g/mol. The van der Waals surface area contributed by atoms with E-state index in [0.717, 1.165) is 18.6 Å². The number of fused-ring (bicyclic) bond motifs is 1. The van der Waals surface area contributed by atoms with E-state index >= 15 is 0 Å². The molecule has 1 aliphatic heterocycles. The lowest BCUT2D eigenvalue weighted by Crippen LogP contribution is -2.25. The van der Waals surface area contributed by atoms with Crippen LogP contribution < -0.4 is 10.5 Å². The second kappa shape index (κ2) is 3.38. The maximum atomic E-state index is 5.74. The van der Waals surface area contributed by atoms with Crippen molar-refractivity contribution < 1.29 is 4.74 Å². The van der Waals surface area contributed by atoms with Gasteiger partial charge in [0, 0.05) is 12.5 Å². The van der Waals surface area contributed by atoms with E-state index in [0.29, 0.717) is 0 Å². The molecule has 2 N–H and O–H groups in total. The molecule has 1 aromatic carbocycles. The lowest BCUT2D eigenvalue weighted by Gasteiger charge is -2.12. The van der Waals surface area contributed by atoms with Crippen LogP contribution in [0.4, 0.5) is 0 Å². The third-order valence-corrected chi connectivity index (χ3v) is 2.35. The molecule has 2 rings (SSSR count). The first kappa shape index (κ1) is 8.57. The number of nitrogens with two attached hydrogens (primary N) is 1. The van der Waals surface area contributed by atoms with Gasteiger partial charge in [-0.25, -0.2) is 0 Å². The molecule has 0 aromatic heterocycles. The first-order chi connectivity index (χ1) is 6.25. The predicted octanol–water partition coefficient (Wildman–Crippen LogP) is 1.73. The fourth-order valence-corrected chi connectivity index (χ4v) is 1.80. The van der Waals surface area contributed by atoms with Gasteiger partial charge in [-0.1, -0.05) is 18.2 Å². The molecule has 0 amide bonds. The van der Waals surface area contributed by atoms with Gasteiger partial charge in [-0.2, -0.15) is 0 Å². The van der Waals surface area contributed by atoms with Crippen molar-refractivity contribution in [2.45, 2.75) is 31.9 Å². The summed E-state index contributed by atoms with van der Waals surface area (Å²) < 4.78 is 5.74. The van der Waals surface area contributed by atoms with Crippen LogP contribution in [0.5, 0.6) is 5.75 Å². The lowest BCUT2D eigenvalue weighted by atomic mass is 10.1. The summed E-state index contributed by atoms with van der Waals surface area (Å²) in [5.41, 5.74) is 7.04. The van der Waals surface area contributed by atoms with Gasteiger partial charge in [0.25, 0.3) is 0 Å². The molecule has 0 saturated heterocycles. The summed E-state index contributed by atoms with van der Waals surface area (Å²) in [5.74, 6) is 1.04. The van der Waals surface area contributed by atoms with E-state index in [1.165, 1.54) is 5.56 Å². The third-order valence-electron chi connectivity index (χ3n) is 2.35. The Morgan fingerprint density at radius 3 is 3.00 bits per heavy atom. The Labute approximate surface area is 78.7 Å². The van der Waals surface area contributed by atoms with Gasteiger partial charge in [0.15, 0.2) is 0 Å². The van der Waals surface area contributed by atoms with E-state index in [1.54, 1.807) is 0 Å². The highest BCUT2D eigenvalue weighted by Gasteiger charge is 2.22. The summed E-state index contributed by atoms with van der Waals surface area (Å²) in [6, 6.07) is 8.43. The summed E-state index contributed by atoms with van der Waals surface area (Å²) in [6.07, 6.45) is 2.24. The molecule has 0 bridgehead atoms. The summed E-state index contributed by atoms with van der Waals surface area (Å²) >= 11 is 0. The Balaban J connectivity index is 2.05. The standard InChI is InChI=1S/C11H15NO/c1-8(12)6-10-7-9-4-2-3-5-11(9)13-10/h2-5,8,10H,6-7,12H2,1H3. The highest BCUT2D eigenvalue weighted by atomic mass is 16.5. The number of hydrogen-bond acceptors (Lipinski definition) is 2. The second-order valence-electron chi connectivity index (χ2n) is 3.76. The van der Waals surface area contributed by atoms with Crippen molar-refractivity contribution in [3.05, 3.63) is 29.8 Å². The normalized spacial score (nSPS) is 22.2. The van der Waals surface area contributed by atoms with Crippen molar-refractivity contribution in [3.63, 3.8) is 0 Å². The molecule has 1 aromatic rings. The van der Waals surface area contributed by atoms with Crippen LogP contribution in [0.25, 0.3) is 0 Å². The van der Waals surface area contributed by atoms with E-state index in [4.69, 9.17) is 10.5 Å². The summed E-state index contributed by atoms with van der Waals surface area (Å²) in [5, 5.41) is 0. The topological polar surface area (TPSA) is 35.2 Å². The molecule has 70 valence electrons. The molecular weight excluding hydrogens is 162 g/mol. The van der Waals surface area contributed by atoms with Gasteiger partial charge in [-0.05, 0) is 25.0 Å². The summed E-state index contributed by atoms with van der Waals surface area (Å²) in [4.78, 5) is 0. The molecular formula is C11H15NO. The van der Waals surface area contributed by atoms with Crippen molar-refractivity contribution in [2.75, 3.05) is 0 Å². The second-order valence-corrected chi connectivity index (χ2v) is 3.76. The van der Waals surface area contributed by atoms with Crippen LogP contribution in [0.3, 0.4) is 0 Å². The van der Waals surface area contributed by atoms with E-state index in [9.17, 15) is 0 Å². The van der Waals surface area contributed by atoms with Crippen molar-refractivity contribution in [1.29, 1.82) is 0 Å². The average Bonchev–Trinajstić information content (AvgIpc) is 2.44. The zero-order valence-electron chi connectivity index (χ0n) is 7.86. The predicted molar refractivity (Wildman–Crippen MR) is 52.8 cm³/mol. The summed E-state index contributed by atoms with van der Waals surface area (Å²) in [6.45, 7) is 2.02. The molecule has 13 heavy (non-hydrogen) atoms. The van der Waals surface area contributed by atoms with Gasteiger partial charge < -0.3 is 10.5 Å². The van der Waals surface area contributed by atoms with Crippen LogP contribution in [0.1, 0.15) is 18.9 Å². The maximum Gasteiger partial charge on any atom is 0.123 e. The first-order valence-corrected chi connectivity index (χ1v) is 4.76. The minimum atomic E-state index is 0.222. The Morgan fingerprint density at radius 2 is 2.31 bits per heavy atom. The van der Waals surface area contributed by atoms with Gasteiger partial charge in [-0.3, -0.25) is 0 Å². The number of ether oxygens (including phenoxy) is 1. The van der Waals surface area contributed by atoms with Crippen molar-refractivity contribution >= 4 is 0 Å². The Hall–Kier alpha value is -1.02. The molecule has 2 atom stereocenters. The summed E-state index contributed by atoms with van der Waals surface area (Å²) in [7, 11) is 0. The number of benzene rings is 1. The van der Waals surface area contributed by atoms with Crippen LogP contribution in [0, 0.1) is 0 Å². The molecule has 0 spiro atoms. The quantitative estimate of drug-likeness (QED) is 0.746. The highest BCUT2D eigenvalue weighted by Crippen LogP contribution is 2.29. The van der Waals surface area contributed by atoms with Crippen molar-refractivity contribution in [2.24, 2.45) is 5.73 Å². The molecule has 2 heteroatoms. The Morgan fingerprint density at radius 1 is 1.54 bits per heavy atom. The van der Waals surface area contributed by atoms with Crippen LogP contribution >= 0.6 is 0 Å². The Kier molecular flexibility index (Phi) is 2.23. The van der Waals surface area contributed by atoms with Gasteiger partial charge >= 0.3 is 0 Å². The highest BCUT2D eigenvalue weighted by molar-refractivity contribution is 5.37. The fraction of sp³-hybridized carbons (Fsp3) is 0.455. The van der Waals surface area contributed by atoms with Crippen molar-refractivity contribution in [1.82, 2.24) is 0 Å². The minimum absolute atomic E-state index is 0.222. The maximum absolute atomic E-state index is 5.74. The molecule has 0 fully saturated rings. The zero-order chi connectivity index (χ0) is 9.26. The van der Waals surface area contributed by atoms with Crippen LogP contribution in [0.15, 0.2) is 24.3 Å². The lowest BCUT2D eigenvalue weighted by molar-refractivity contribution is 0.213.